The van der Waals surface area contributed by atoms with Crippen molar-refractivity contribution in [1.29, 1.82) is 0 Å². The number of amides is 1. The Bertz CT molecular complexity index is 481. The van der Waals surface area contributed by atoms with E-state index in [2.05, 4.69) is 20.8 Å². The summed E-state index contributed by atoms with van der Waals surface area (Å²) in [6, 6.07) is 5.88. The summed E-state index contributed by atoms with van der Waals surface area (Å²) < 4.78 is 0.879. The molecule has 5 heteroatoms. The van der Waals surface area contributed by atoms with E-state index in [1.807, 2.05) is 30.0 Å². The van der Waals surface area contributed by atoms with Crippen LogP contribution >= 0.6 is 27.5 Å². The molecule has 0 spiro atoms. The Hall–Kier alpha value is -0.580. The molecule has 20 heavy (non-hydrogen) atoms. The summed E-state index contributed by atoms with van der Waals surface area (Å²) in [6.07, 6.45) is 1.01. The molecule has 0 radical (unpaired) electrons. The molecule has 1 aromatic rings. The van der Waals surface area contributed by atoms with E-state index in [4.69, 9.17) is 11.6 Å². The van der Waals surface area contributed by atoms with Crippen LogP contribution in [-0.4, -0.2) is 54.3 Å². The van der Waals surface area contributed by atoms with Gasteiger partial charge >= 0.3 is 0 Å². The largest absolute Gasteiger partial charge is 0.337 e. The van der Waals surface area contributed by atoms with Gasteiger partial charge < -0.3 is 9.80 Å². The first-order valence-electron chi connectivity index (χ1n) is 6.95. The van der Waals surface area contributed by atoms with Crippen LogP contribution in [0.4, 0.5) is 0 Å². The molecule has 1 saturated heterocycles. The second kappa shape index (κ2) is 7.43. The SMILES string of the molecule is Cc1ccc(C(=O)N2CCCN(CCCl)CC2)c(Br)c1. The van der Waals surface area contributed by atoms with Crippen molar-refractivity contribution >= 4 is 33.4 Å². The summed E-state index contributed by atoms with van der Waals surface area (Å²) in [5.74, 6) is 0.766. The molecule has 1 fully saturated rings. The van der Waals surface area contributed by atoms with Gasteiger partial charge in [-0.3, -0.25) is 4.79 Å². The Labute approximate surface area is 134 Å². The van der Waals surface area contributed by atoms with Crippen LogP contribution in [0.2, 0.25) is 0 Å². The van der Waals surface area contributed by atoms with E-state index in [0.29, 0.717) is 5.88 Å². The molecule has 0 atom stereocenters. The van der Waals surface area contributed by atoms with E-state index < -0.39 is 0 Å². The summed E-state index contributed by atoms with van der Waals surface area (Å²) in [4.78, 5) is 16.9. The van der Waals surface area contributed by atoms with Gasteiger partial charge in [0, 0.05) is 36.5 Å². The Morgan fingerprint density at radius 1 is 1.30 bits per heavy atom. The van der Waals surface area contributed by atoms with Crippen LogP contribution in [0, 0.1) is 6.92 Å². The maximum Gasteiger partial charge on any atom is 0.255 e. The average molecular weight is 360 g/mol. The van der Waals surface area contributed by atoms with E-state index in [1.54, 1.807) is 0 Å². The number of halogens is 2. The van der Waals surface area contributed by atoms with Gasteiger partial charge in [-0.25, -0.2) is 0 Å². The van der Waals surface area contributed by atoms with Crippen molar-refractivity contribution in [2.24, 2.45) is 0 Å². The predicted octanol–water partition coefficient (Wildman–Crippen LogP) is 3.14. The van der Waals surface area contributed by atoms with Crippen molar-refractivity contribution in [1.82, 2.24) is 9.80 Å². The van der Waals surface area contributed by atoms with Gasteiger partial charge in [-0.05, 0) is 53.5 Å². The first-order chi connectivity index (χ1) is 9.61. The minimum atomic E-state index is 0.115. The van der Waals surface area contributed by atoms with E-state index in [1.165, 1.54) is 0 Å². The minimum Gasteiger partial charge on any atom is -0.337 e. The zero-order valence-electron chi connectivity index (χ0n) is 11.7. The molecule has 1 heterocycles. The summed E-state index contributed by atoms with van der Waals surface area (Å²) in [5.41, 5.74) is 1.90. The predicted molar refractivity (Wildman–Crippen MR) is 86.6 cm³/mol. The minimum absolute atomic E-state index is 0.115. The van der Waals surface area contributed by atoms with Crippen molar-refractivity contribution in [3.63, 3.8) is 0 Å². The molecule has 0 unspecified atom stereocenters. The van der Waals surface area contributed by atoms with Gasteiger partial charge in [0.25, 0.3) is 5.91 Å². The lowest BCUT2D eigenvalue weighted by molar-refractivity contribution is 0.0761. The van der Waals surface area contributed by atoms with Gasteiger partial charge in [0.2, 0.25) is 0 Å². The van der Waals surface area contributed by atoms with Crippen molar-refractivity contribution < 1.29 is 4.79 Å². The number of carbonyl (C=O) groups is 1. The molecule has 1 aliphatic heterocycles. The highest BCUT2D eigenvalue weighted by atomic mass is 79.9. The highest BCUT2D eigenvalue weighted by Gasteiger charge is 2.21. The fourth-order valence-electron chi connectivity index (χ4n) is 2.48. The summed E-state index contributed by atoms with van der Waals surface area (Å²) in [7, 11) is 0. The molecular formula is C15H20BrClN2O. The summed E-state index contributed by atoms with van der Waals surface area (Å²) in [6.45, 7) is 6.44. The molecule has 3 nitrogen and oxygen atoms in total. The lowest BCUT2D eigenvalue weighted by Gasteiger charge is -2.22. The van der Waals surface area contributed by atoms with Crippen LogP contribution in [-0.2, 0) is 0 Å². The van der Waals surface area contributed by atoms with Crippen molar-refractivity contribution in [3.8, 4) is 0 Å². The molecular weight excluding hydrogens is 340 g/mol. The number of nitrogens with zero attached hydrogens (tertiary/aromatic N) is 2. The third-order valence-corrected chi connectivity index (χ3v) is 4.46. The van der Waals surface area contributed by atoms with Gasteiger partial charge in [0.05, 0.1) is 5.56 Å². The molecule has 2 rings (SSSR count). The van der Waals surface area contributed by atoms with Crippen LogP contribution < -0.4 is 0 Å². The zero-order valence-corrected chi connectivity index (χ0v) is 14.1. The molecule has 0 N–H and O–H groups in total. The molecule has 0 bridgehead atoms. The van der Waals surface area contributed by atoms with Crippen molar-refractivity contribution in [2.45, 2.75) is 13.3 Å². The fourth-order valence-corrected chi connectivity index (χ4v) is 3.38. The van der Waals surface area contributed by atoms with Crippen LogP contribution in [0.5, 0.6) is 0 Å². The fraction of sp³-hybridized carbons (Fsp3) is 0.533. The standard InChI is InChI=1S/C15H20BrClN2O/c1-12-3-4-13(14(16)11-12)15(20)19-7-2-6-18(8-5-17)9-10-19/h3-4,11H,2,5-10H2,1H3. The first kappa shape index (κ1) is 15.8. The third kappa shape index (κ3) is 3.96. The topological polar surface area (TPSA) is 23.6 Å². The molecule has 0 aromatic heterocycles. The summed E-state index contributed by atoms with van der Waals surface area (Å²) >= 11 is 9.29. The number of hydrogen-bond donors (Lipinski definition) is 0. The number of carbonyl (C=O) groups excluding carboxylic acids is 1. The van der Waals surface area contributed by atoms with Gasteiger partial charge in [0.15, 0.2) is 0 Å². The number of benzene rings is 1. The molecule has 0 aliphatic carbocycles. The number of hydrogen-bond acceptors (Lipinski definition) is 2. The normalized spacial score (nSPS) is 17.1. The maximum absolute atomic E-state index is 12.6. The highest BCUT2D eigenvalue weighted by molar-refractivity contribution is 9.10. The lowest BCUT2D eigenvalue weighted by atomic mass is 10.1. The Balaban J connectivity index is 2.05. The second-order valence-electron chi connectivity index (χ2n) is 5.16. The van der Waals surface area contributed by atoms with Crippen molar-refractivity contribution in [2.75, 3.05) is 38.6 Å². The van der Waals surface area contributed by atoms with Gasteiger partial charge in [-0.2, -0.15) is 0 Å². The van der Waals surface area contributed by atoms with Gasteiger partial charge in [0.1, 0.15) is 0 Å². The van der Waals surface area contributed by atoms with E-state index in [9.17, 15) is 4.79 Å². The Morgan fingerprint density at radius 3 is 2.80 bits per heavy atom. The smallest absolute Gasteiger partial charge is 0.255 e. The van der Waals surface area contributed by atoms with Crippen molar-refractivity contribution in [3.05, 3.63) is 33.8 Å². The third-order valence-electron chi connectivity index (χ3n) is 3.63. The van der Waals surface area contributed by atoms with E-state index in [0.717, 1.165) is 54.7 Å². The molecule has 0 saturated carbocycles. The Morgan fingerprint density at radius 2 is 2.10 bits per heavy atom. The Kier molecular flexibility index (Phi) is 5.87. The lowest BCUT2D eigenvalue weighted by Crippen LogP contribution is -2.35. The molecule has 1 amide bonds. The molecule has 1 aromatic carbocycles. The monoisotopic (exact) mass is 358 g/mol. The number of rotatable bonds is 3. The van der Waals surface area contributed by atoms with Crippen LogP contribution in [0.1, 0.15) is 22.3 Å². The highest BCUT2D eigenvalue weighted by Crippen LogP contribution is 2.20. The van der Waals surface area contributed by atoms with Crippen LogP contribution in [0.25, 0.3) is 0 Å². The van der Waals surface area contributed by atoms with Gasteiger partial charge in [-0.15, -0.1) is 11.6 Å². The van der Waals surface area contributed by atoms with Crippen LogP contribution in [0.15, 0.2) is 22.7 Å². The first-order valence-corrected chi connectivity index (χ1v) is 8.28. The number of aryl methyl sites for hydroxylation is 1. The summed E-state index contributed by atoms with van der Waals surface area (Å²) in [5, 5.41) is 0. The van der Waals surface area contributed by atoms with E-state index in [-0.39, 0.29) is 5.91 Å². The average Bonchev–Trinajstić information content (AvgIpc) is 2.64. The number of alkyl halides is 1. The molecule has 1 aliphatic rings. The van der Waals surface area contributed by atoms with E-state index >= 15 is 0 Å². The zero-order chi connectivity index (χ0) is 14.5. The maximum atomic E-state index is 12.6. The molecule has 110 valence electrons. The van der Waals surface area contributed by atoms with Crippen LogP contribution in [0.3, 0.4) is 0 Å². The van der Waals surface area contributed by atoms with Gasteiger partial charge in [-0.1, -0.05) is 6.07 Å². The second-order valence-corrected chi connectivity index (χ2v) is 6.39. The quantitative estimate of drug-likeness (QED) is 0.774.